The van der Waals surface area contributed by atoms with E-state index in [1.165, 1.54) is 34.9 Å². The highest BCUT2D eigenvalue weighted by molar-refractivity contribution is 6.04. The molecule has 0 saturated carbocycles. The number of carbonyl (C=O) groups is 2. The molecule has 0 radical (unpaired) electrons. The van der Waals surface area contributed by atoms with Crippen LogP contribution in [0.4, 0.5) is 10.1 Å². The summed E-state index contributed by atoms with van der Waals surface area (Å²) < 4.78 is 14.4. The van der Waals surface area contributed by atoms with Crippen LogP contribution in [0.3, 0.4) is 0 Å². The van der Waals surface area contributed by atoms with Crippen molar-refractivity contribution in [3.63, 3.8) is 0 Å². The number of anilines is 1. The van der Waals surface area contributed by atoms with Crippen molar-refractivity contribution in [3.8, 4) is 5.69 Å². The number of carbonyl (C=O) groups excluding carboxylic acids is 2. The SMILES string of the molecule is Cc1ccccc1CNC(=O)c1cccn(-c2ccc(NC(=O)c3ccc(F)cc3)cc2)c1=O. The van der Waals surface area contributed by atoms with E-state index >= 15 is 0 Å². The predicted octanol–water partition coefficient (Wildman–Crippen LogP) is 4.47. The van der Waals surface area contributed by atoms with Crippen LogP contribution in [0.15, 0.2) is 95.9 Å². The Bertz CT molecular complexity index is 1390. The van der Waals surface area contributed by atoms with Crippen LogP contribution in [0.2, 0.25) is 0 Å². The lowest BCUT2D eigenvalue weighted by atomic mass is 10.1. The van der Waals surface area contributed by atoms with Crippen molar-refractivity contribution < 1.29 is 14.0 Å². The lowest BCUT2D eigenvalue weighted by molar-refractivity contribution is 0.0948. The zero-order valence-corrected chi connectivity index (χ0v) is 18.4. The summed E-state index contributed by atoms with van der Waals surface area (Å²) in [6.45, 7) is 2.28. The molecular formula is C27H22FN3O3. The van der Waals surface area contributed by atoms with Gasteiger partial charge in [0.2, 0.25) is 0 Å². The standard InChI is InChI=1S/C27H22FN3O3/c1-18-5-2-3-6-20(18)17-29-26(33)24-7-4-16-31(27(24)34)23-14-12-22(13-15-23)30-25(32)19-8-10-21(28)11-9-19/h2-16H,17H2,1H3,(H,29,33)(H,30,32). The summed E-state index contributed by atoms with van der Waals surface area (Å²) in [5.41, 5.74) is 2.99. The van der Waals surface area contributed by atoms with Gasteiger partial charge in [-0.15, -0.1) is 0 Å². The van der Waals surface area contributed by atoms with Crippen LogP contribution in [0.1, 0.15) is 31.8 Å². The molecule has 4 rings (SSSR count). The van der Waals surface area contributed by atoms with Crippen LogP contribution in [-0.2, 0) is 6.54 Å². The highest BCUT2D eigenvalue weighted by Crippen LogP contribution is 2.14. The zero-order valence-electron chi connectivity index (χ0n) is 18.4. The van der Waals surface area contributed by atoms with Crippen molar-refractivity contribution in [1.82, 2.24) is 9.88 Å². The predicted molar refractivity (Wildman–Crippen MR) is 129 cm³/mol. The second-order valence-corrected chi connectivity index (χ2v) is 7.71. The molecule has 1 heterocycles. The van der Waals surface area contributed by atoms with Gasteiger partial charge in [-0.05, 0) is 78.7 Å². The van der Waals surface area contributed by atoms with Gasteiger partial charge in [-0.1, -0.05) is 24.3 Å². The molecule has 0 aliphatic rings. The van der Waals surface area contributed by atoms with E-state index in [1.54, 1.807) is 36.5 Å². The summed E-state index contributed by atoms with van der Waals surface area (Å²) in [4.78, 5) is 37.9. The highest BCUT2D eigenvalue weighted by Gasteiger charge is 2.13. The summed E-state index contributed by atoms with van der Waals surface area (Å²) in [5.74, 6) is -1.25. The lowest BCUT2D eigenvalue weighted by Crippen LogP contribution is -2.32. The molecule has 0 spiro atoms. The number of hydrogen-bond donors (Lipinski definition) is 2. The number of hydrogen-bond acceptors (Lipinski definition) is 3. The molecule has 0 aliphatic carbocycles. The molecule has 2 amide bonds. The van der Waals surface area contributed by atoms with Crippen LogP contribution in [0, 0.1) is 12.7 Å². The van der Waals surface area contributed by atoms with E-state index in [0.717, 1.165) is 11.1 Å². The minimum absolute atomic E-state index is 0.0322. The van der Waals surface area contributed by atoms with Crippen LogP contribution in [0.5, 0.6) is 0 Å². The van der Waals surface area contributed by atoms with Gasteiger partial charge in [-0.25, -0.2) is 4.39 Å². The van der Waals surface area contributed by atoms with E-state index in [1.807, 2.05) is 31.2 Å². The van der Waals surface area contributed by atoms with Gasteiger partial charge in [-0.3, -0.25) is 19.0 Å². The molecule has 4 aromatic rings. The van der Waals surface area contributed by atoms with E-state index in [-0.39, 0.29) is 11.5 Å². The highest BCUT2D eigenvalue weighted by atomic mass is 19.1. The summed E-state index contributed by atoms with van der Waals surface area (Å²) in [6.07, 6.45) is 1.58. The quantitative estimate of drug-likeness (QED) is 0.450. The average Bonchev–Trinajstić information content (AvgIpc) is 2.84. The van der Waals surface area contributed by atoms with E-state index in [4.69, 9.17) is 0 Å². The van der Waals surface area contributed by atoms with Crippen LogP contribution < -0.4 is 16.2 Å². The summed E-state index contributed by atoms with van der Waals surface area (Å²) >= 11 is 0. The van der Waals surface area contributed by atoms with Crippen LogP contribution >= 0.6 is 0 Å². The first kappa shape index (κ1) is 22.7. The molecule has 34 heavy (non-hydrogen) atoms. The number of aryl methyl sites for hydroxylation is 1. The van der Waals surface area contributed by atoms with Gasteiger partial charge in [0.1, 0.15) is 11.4 Å². The third-order valence-electron chi connectivity index (χ3n) is 5.40. The van der Waals surface area contributed by atoms with E-state index < -0.39 is 17.3 Å². The Morgan fingerprint density at radius 1 is 0.853 bits per heavy atom. The molecule has 0 bridgehead atoms. The Morgan fingerprint density at radius 2 is 1.56 bits per heavy atom. The first-order chi connectivity index (χ1) is 16.4. The van der Waals surface area contributed by atoms with Gasteiger partial charge in [-0.2, -0.15) is 0 Å². The van der Waals surface area contributed by atoms with Crippen molar-refractivity contribution in [2.24, 2.45) is 0 Å². The van der Waals surface area contributed by atoms with E-state index in [9.17, 15) is 18.8 Å². The lowest BCUT2D eigenvalue weighted by Gasteiger charge is -2.11. The molecule has 0 aliphatic heterocycles. The summed E-state index contributed by atoms with van der Waals surface area (Å²) in [7, 11) is 0. The van der Waals surface area contributed by atoms with Gasteiger partial charge < -0.3 is 10.6 Å². The number of rotatable bonds is 6. The van der Waals surface area contributed by atoms with E-state index in [2.05, 4.69) is 10.6 Å². The molecule has 3 aromatic carbocycles. The first-order valence-electron chi connectivity index (χ1n) is 10.6. The van der Waals surface area contributed by atoms with Crippen molar-refractivity contribution in [2.45, 2.75) is 13.5 Å². The number of amides is 2. The van der Waals surface area contributed by atoms with Gasteiger partial charge >= 0.3 is 0 Å². The fourth-order valence-corrected chi connectivity index (χ4v) is 3.46. The number of nitrogens with one attached hydrogen (secondary N) is 2. The van der Waals surface area contributed by atoms with Crippen molar-refractivity contribution in [2.75, 3.05) is 5.32 Å². The Labute approximate surface area is 195 Å². The normalized spacial score (nSPS) is 10.5. The third kappa shape index (κ3) is 5.10. The molecule has 0 fully saturated rings. The second-order valence-electron chi connectivity index (χ2n) is 7.71. The van der Waals surface area contributed by atoms with Gasteiger partial charge in [0.15, 0.2) is 0 Å². The van der Waals surface area contributed by atoms with Crippen molar-refractivity contribution in [3.05, 3.63) is 130 Å². The van der Waals surface area contributed by atoms with Gasteiger partial charge in [0.25, 0.3) is 17.4 Å². The smallest absolute Gasteiger partial charge is 0.267 e. The van der Waals surface area contributed by atoms with Gasteiger partial charge in [0, 0.05) is 29.7 Å². The number of pyridine rings is 1. The molecule has 170 valence electrons. The largest absolute Gasteiger partial charge is 0.348 e. The fourth-order valence-electron chi connectivity index (χ4n) is 3.46. The number of nitrogens with zero attached hydrogens (tertiary/aromatic N) is 1. The van der Waals surface area contributed by atoms with Gasteiger partial charge in [0.05, 0.1) is 0 Å². The topological polar surface area (TPSA) is 80.2 Å². The summed E-state index contributed by atoms with van der Waals surface area (Å²) in [6, 6.07) is 22.7. The Balaban J connectivity index is 1.48. The summed E-state index contributed by atoms with van der Waals surface area (Å²) in [5, 5.41) is 5.53. The number of aromatic nitrogens is 1. The molecule has 2 N–H and O–H groups in total. The molecule has 1 aromatic heterocycles. The zero-order chi connectivity index (χ0) is 24.1. The molecular weight excluding hydrogens is 433 g/mol. The fraction of sp³-hybridized carbons (Fsp3) is 0.0741. The van der Waals surface area contributed by atoms with E-state index in [0.29, 0.717) is 23.5 Å². The first-order valence-corrected chi connectivity index (χ1v) is 10.6. The molecule has 0 unspecified atom stereocenters. The van der Waals surface area contributed by atoms with Crippen LogP contribution in [-0.4, -0.2) is 16.4 Å². The monoisotopic (exact) mass is 455 g/mol. The molecule has 7 heteroatoms. The molecule has 0 atom stereocenters. The van der Waals surface area contributed by atoms with Crippen molar-refractivity contribution >= 4 is 17.5 Å². The number of benzene rings is 3. The Hall–Kier alpha value is -4.52. The Morgan fingerprint density at radius 3 is 2.26 bits per heavy atom. The second kappa shape index (κ2) is 9.95. The van der Waals surface area contributed by atoms with Crippen molar-refractivity contribution in [1.29, 1.82) is 0 Å². The number of halogens is 1. The maximum Gasteiger partial charge on any atom is 0.267 e. The third-order valence-corrected chi connectivity index (χ3v) is 5.40. The van der Waals surface area contributed by atoms with Crippen LogP contribution in [0.25, 0.3) is 5.69 Å². The average molecular weight is 455 g/mol. The molecule has 6 nitrogen and oxygen atoms in total. The maximum atomic E-state index is 13.0. The maximum absolute atomic E-state index is 13.0. The Kier molecular flexibility index (Phi) is 6.64. The minimum atomic E-state index is -0.453. The minimum Gasteiger partial charge on any atom is -0.348 e. The molecule has 0 saturated heterocycles.